The van der Waals surface area contributed by atoms with E-state index in [1.54, 1.807) is 36.8 Å². The van der Waals surface area contributed by atoms with E-state index in [2.05, 4.69) is 31.2 Å². The van der Waals surface area contributed by atoms with E-state index in [1.165, 1.54) is 0 Å². The van der Waals surface area contributed by atoms with Gasteiger partial charge in [0.1, 0.15) is 0 Å². The Bertz CT molecular complexity index is 604. The third-order valence-corrected chi connectivity index (χ3v) is 2.96. The molecule has 0 spiro atoms. The molecule has 0 saturated heterocycles. The molecule has 90 valence electrons. The molecule has 18 heavy (non-hydrogen) atoms. The molecule has 0 aromatic carbocycles. The quantitative estimate of drug-likeness (QED) is 0.878. The predicted octanol–water partition coefficient (Wildman–Crippen LogP) is 2.31. The van der Waals surface area contributed by atoms with Gasteiger partial charge >= 0.3 is 0 Å². The smallest absolute Gasteiger partial charge is 0.271 e. The third-order valence-electron chi connectivity index (χ3n) is 2.53. The maximum absolute atomic E-state index is 11.9. The van der Waals surface area contributed by atoms with Crippen LogP contribution in [0.1, 0.15) is 11.7 Å². The second-order valence-corrected chi connectivity index (χ2v) is 4.69. The molecule has 0 fully saturated rings. The van der Waals surface area contributed by atoms with E-state index >= 15 is 0 Å². The third kappa shape index (κ3) is 1.95. The van der Waals surface area contributed by atoms with Crippen LogP contribution < -0.4 is 10.1 Å². The fourth-order valence-electron chi connectivity index (χ4n) is 1.72. The summed E-state index contributed by atoms with van der Waals surface area (Å²) in [5, 5.41) is 2.71. The molecular formula is C12H8BrN3O2. The fourth-order valence-corrected chi connectivity index (χ4v) is 2.03. The van der Waals surface area contributed by atoms with E-state index in [0.717, 1.165) is 4.47 Å². The molecule has 1 aliphatic heterocycles. The van der Waals surface area contributed by atoms with Crippen molar-refractivity contribution >= 4 is 27.7 Å². The number of carbonyl (C=O) groups is 1. The van der Waals surface area contributed by atoms with Gasteiger partial charge < -0.3 is 10.1 Å². The minimum Gasteiger partial charge on any atom is -0.472 e. The number of hydrogen-bond acceptors (Lipinski definition) is 4. The molecule has 1 aliphatic rings. The Morgan fingerprint density at radius 2 is 2.28 bits per heavy atom. The van der Waals surface area contributed by atoms with Crippen molar-refractivity contribution < 1.29 is 9.53 Å². The van der Waals surface area contributed by atoms with Gasteiger partial charge in [-0.05, 0) is 28.1 Å². The molecule has 1 N–H and O–H groups in total. The lowest BCUT2D eigenvalue weighted by Gasteiger charge is -2.25. The predicted molar refractivity (Wildman–Crippen MR) is 68.2 cm³/mol. The Morgan fingerprint density at radius 3 is 3.06 bits per heavy atom. The Hall–Kier alpha value is -1.95. The van der Waals surface area contributed by atoms with Gasteiger partial charge in [0.2, 0.25) is 6.10 Å². The van der Waals surface area contributed by atoms with Crippen LogP contribution >= 0.6 is 15.9 Å². The summed E-state index contributed by atoms with van der Waals surface area (Å²) in [6, 6.07) is 5.33. The molecule has 1 amide bonds. The average molecular weight is 306 g/mol. The summed E-state index contributed by atoms with van der Waals surface area (Å²) < 4.78 is 6.46. The first kappa shape index (κ1) is 11.2. The Balaban J connectivity index is 1.99. The van der Waals surface area contributed by atoms with Crippen LogP contribution in [0.5, 0.6) is 5.75 Å². The highest BCUT2D eigenvalue weighted by molar-refractivity contribution is 9.10. The Labute approximate surface area is 111 Å². The number of aromatic nitrogens is 2. The van der Waals surface area contributed by atoms with Gasteiger partial charge in [-0.3, -0.25) is 9.78 Å². The first-order chi connectivity index (χ1) is 8.74. The Morgan fingerprint density at radius 1 is 1.39 bits per heavy atom. The topological polar surface area (TPSA) is 64.1 Å². The van der Waals surface area contributed by atoms with Gasteiger partial charge in [-0.1, -0.05) is 6.07 Å². The summed E-state index contributed by atoms with van der Waals surface area (Å²) in [5.41, 5.74) is 0.709. The minimum absolute atomic E-state index is 0.245. The molecule has 0 aliphatic carbocycles. The van der Waals surface area contributed by atoms with Crippen molar-refractivity contribution in [1.82, 2.24) is 9.97 Å². The first-order valence-corrected chi connectivity index (χ1v) is 6.06. The van der Waals surface area contributed by atoms with Crippen molar-refractivity contribution in [2.75, 3.05) is 5.32 Å². The van der Waals surface area contributed by atoms with Gasteiger partial charge in [0, 0.05) is 28.6 Å². The lowest BCUT2D eigenvalue weighted by Crippen LogP contribution is -2.30. The summed E-state index contributed by atoms with van der Waals surface area (Å²) in [6.07, 6.45) is 4.17. The van der Waals surface area contributed by atoms with E-state index in [9.17, 15) is 4.79 Å². The number of hydrogen-bond donors (Lipinski definition) is 1. The number of halogens is 1. The zero-order valence-corrected chi connectivity index (χ0v) is 10.7. The van der Waals surface area contributed by atoms with Gasteiger partial charge in [-0.2, -0.15) is 0 Å². The van der Waals surface area contributed by atoms with Crippen LogP contribution in [0.2, 0.25) is 0 Å². The number of nitrogens with zero attached hydrogens (tertiary/aromatic N) is 2. The number of nitrogens with one attached hydrogen (secondary N) is 1. The first-order valence-electron chi connectivity index (χ1n) is 5.27. The molecule has 0 bridgehead atoms. The largest absolute Gasteiger partial charge is 0.472 e. The van der Waals surface area contributed by atoms with E-state index in [0.29, 0.717) is 17.1 Å². The molecule has 2 aromatic rings. The van der Waals surface area contributed by atoms with Crippen molar-refractivity contribution in [3.05, 3.63) is 46.8 Å². The summed E-state index contributed by atoms with van der Waals surface area (Å²) in [7, 11) is 0. The summed E-state index contributed by atoms with van der Waals surface area (Å²) in [5.74, 6) is 0.728. The molecule has 3 heterocycles. The van der Waals surface area contributed by atoms with Gasteiger partial charge in [0.05, 0.1) is 0 Å². The number of fused-ring (bicyclic) bond motifs is 1. The molecule has 0 saturated carbocycles. The number of pyridine rings is 2. The fraction of sp³-hybridized carbons (Fsp3) is 0.0833. The van der Waals surface area contributed by atoms with Gasteiger partial charge in [-0.15, -0.1) is 0 Å². The summed E-state index contributed by atoms with van der Waals surface area (Å²) in [6.45, 7) is 0. The number of amides is 1. The Kier molecular flexibility index (Phi) is 2.71. The number of ether oxygens (including phenoxy) is 1. The van der Waals surface area contributed by atoms with Gasteiger partial charge in [-0.25, -0.2) is 4.98 Å². The van der Waals surface area contributed by atoms with Crippen LogP contribution in [0, 0.1) is 0 Å². The molecule has 0 radical (unpaired) electrons. The van der Waals surface area contributed by atoms with Gasteiger partial charge in [0.25, 0.3) is 5.91 Å². The molecule has 2 aromatic heterocycles. The zero-order chi connectivity index (χ0) is 12.5. The van der Waals surface area contributed by atoms with Crippen LogP contribution in [0.4, 0.5) is 5.82 Å². The van der Waals surface area contributed by atoms with Crippen LogP contribution in [-0.4, -0.2) is 15.9 Å². The van der Waals surface area contributed by atoms with Crippen LogP contribution in [0.3, 0.4) is 0 Å². The summed E-state index contributed by atoms with van der Waals surface area (Å²) >= 11 is 3.31. The number of anilines is 1. The number of rotatable bonds is 1. The molecule has 1 unspecified atom stereocenters. The maximum Gasteiger partial charge on any atom is 0.271 e. The lowest BCUT2D eigenvalue weighted by atomic mass is 10.1. The van der Waals surface area contributed by atoms with E-state index in [-0.39, 0.29) is 5.91 Å². The van der Waals surface area contributed by atoms with E-state index < -0.39 is 6.10 Å². The van der Waals surface area contributed by atoms with Gasteiger partial charge in [0.15, 0.2) is 11.6 Å². The van der Waals surface area contributed by atoms with Crippen molar-refractivity contribution in [3.8, 4) is 5.75 Å². The molecule has 3 rings (SSSR count). The highest BCUT2D eigenvalue weighted by Crippen LogP contribution is 2.34. The van der Waals surface area contributed by atoms with Crippen molar-refractivity contribution in [2.24, 2.45) is 0 Å². The van der Waals surface area contributed by atoms with Crippen molar-refractivity contribution in [3.63, 3.8) is 0 Å². The molecular weight excluding hydrogens is 298 g/mol. The minimum atomic E-state index is -0.692. The van der Waals surface area contributed by atoms with Crippen LogP contribution in [0.25, 0.3) is 0 Å². The highest BCUT2D eigenvalue weighted by atomic mass is 79.9. The second kappa shape index (κ2) is 4.38. The van der Waals surface area contributed by atoms with Crippen molar-refractivity contribution in [1.29, 1.82) is 0 Å². The normalized spacial score (nSPS) is 17.6. The summed E-state index contributed by atoms with van der Waals surface area (Å²) in [4.78, 5) is 20.0. The van der Waals surface area contributed by atoms with E-state index in [1.807, 2.05) is 0 Å². The highest BCUT2D eigenvalue weighted by Gasteiger charge is 2.30. The average Bonchev–Trinajstić information content (AvgIpc) is 2.39. The standard InChI is InChI=1S/C12H8BrN3O2/c13-8-4-9-11(15-6-8)16-12(17)10(18-9)7-2-1-3-14-5-7/h1-6,10H,(H,15,16,17). The monoisotopic (exact) mass is 305 g/mol. The lowest BCUT2D eigenvalue weighted by molar-refractivity contribution is -0.123. The molecule has 1 atom stereocenters. The van der Waals surface area contributed by atoms with Crippen molar-refractivity contribution in [2.45, 2.75) is 6.10 Å². The SMILES string of the molecule is O=C1Nc2ncc(Br)cc2OC1c1cccnc1. The molecule has 6 heteroatoms. The maximum atomic E-state index is 11.9. The second-order valence-electron chi connectivity index (χ2n) is 3.77. The molecule has 5 nitrogen and oxygen atoms in total. The van der Waals surface area contributed by atoms with E-state index in [4.69, 9.17) is 4.74 Å². The van der Waals surface area contributed by atoms with Crippen LogP contribution in [-0.2, 0) is 4.79 Å². The van der Waals surface area contributed by atoms with Crippen LogP contribution in [0.15, 0.2) is 41.3 Å². The zero-order valence-electron chi connectivity index (χ0n) is 9.13. The number of carbonyl (C=O) groups excluding carboxylic acids is 1.